The molecule has 0 amide bonds. The smallest absolute Gasteiger partial charge is 0.475 e. The number of rotatable bonds is 2. The van der Waals surface area contributed by atoms with Gasteiger partial charge in [0.25, 0.3) is 0 Å². The molecule has 2 aromatic heterocycles. The van der Waals surface area contributed by atoms with Crippen molar-refractivity contribution in [1.82, 2.24) is 14.5 Å². The van der Waals surface area contributed by atoms with Crippen molar-refractivity contribution < 1.29 is 27.5 Å². The number of halogens is 4. The lowest BCUT2D eigenvalue weighted by Crippen LogP contribution is -2.47. The summed E-state index contributed by atoms with van der Waals surface area (Å²) in [4.78, 5) is 22.3. The number of hydrogen-bond donors (Lipinski definition) is 1. The van der Waals surface area contributed by atoms with E-state index in [0.29, 0.717) is 11.0 Å². The van der Waals surface area contributed by atoms with Gasteiger partial charge in [-0.2, -0.15) is 13.2 Å². The number of imidazole rings is 1. The molecular formula is C20H21F4N5O2. The molecule has 1 aromatic carbocycles. The van der Waals surface area contributed by atoms with E-state index in [9.17, 15) is 17.6 Å². The number of alkyl halides is 3. The Balaban J connectivity index is 0.000000339. The molecule has 0 saturated carbocycles. The Morgan fingerprint density at radius 1 is 1.10 bits per heavy atom. The van der Waals surface area contributed by atoms with Gasteiger partial charge in [0, 0.05) is 51.3 Å². The molecular weight excluding hydrogens is 418 g/mol. The maximum atomic E-state index is 14.1. The van der Waals surface area contributed by atoms with Gasteiger partial charge in [-0.25, -0.2) is 14.2 Å². The topological polar surface area (TPSA) is 74.5 Å². The summed E-state index contributed by atoms with van der Waals surface area (Å²) >= 11 is 0. The van der Waals surface area contributed by atoms with Crippen LogP contribution in [0.5, 0.6) is 0 Å². The first-order valence-corrected chi connectivity index (χ1v) is 9.41. The molecule has 0 unspecified atom stereocenters. The molecule has 11 heteroatoms. The predicted molar refractivity (Wildman–Crippen MR) is 108 cm³/mol. The van der Waals surface area contributed by atoms with E-state index in [1.807, 2.05) is 30.1 Å². The molecule has 0 atom stereocenters. The number of aryl methyl sites for hydroxylation is 2. The van der Waals surface area contributed by atoms with Crippen molar-refractivity contribution in [2.45, 2.75) is 13.1 Å². The summed E-state index contributed by atoms with van der Waals surface area (Å²) in [5.41, 5.74) is 3.70. The van der Waals surface area contributed by atoms with E-state index >= 15 is 0 Å². The largest absolute Gasteiger partial charge is 0.490 e. The second-order valence-electron chi connectivity index (χ2n) is 7.02. The normalized spacial score (nSPS) is 14.4. The third kappa shape index (κ3) is 4.86. The number of carbonyl (C=O) groups is 1. The van der Waals surface area contributed by atoms with Crippen LogP contribution in [0.4, 0.5) is 29.2 Å². The highest BCUT2D eigenvalue weighted by Gasteiger charge is 2.38. The molecule has 0 aliphatic carbocycles. The SMILES string of the molecule is Cc1cnccc1N1CCN(c2nc3cccc(F)c3n2C)CC1.O=C(O)C(F)(F)F. The fraction of sp³-hybridized carbons (Fsp3) is 0.350. The van der Waals surface area contributed by atoms with Gasteiger partial charge in [0.1, 0.15) is 11.3 Å². The molecule has 1 aliphatic rings. The van der Waals surface area contributed by atoms with Gasteiger partial charge in [-0.05, 0) is 30.7 Å². The van der Waals surface area contributed by atoms with Crippen molar-refractivity contribution in [2.24, 2.45) is 7.05 Å². The van der Waals surface area contributed by atoms with Crippen molar-refractivity contribution in [1.29, 1.82) is 0 Å². The zero-order valence-electron chi connectivity index (χ0n) is 16.9. The van der Waals surface area contributed by atoms with E-state index < -0.39 is 12.1 Å². The third-order valence-electron chi connectivity index (χ3n) is 4.96. The van der Waals surface area contributed by atoms with Gasteiger partial charge in [0.2, 0.25) is 5.95 Å². The quantitative estimate of drug-likeness (QED) is 0.618. The second-order valence-corrected chi connectivity index (χ2v) is 7.02. The number of carboxylic acid groups (broad SMARTS) is 1. The van der Waals surface area contributed by atoms with E-state index in [0.717, 1.165) is 32.1 Å². The zero-order chi connectivity index (χ0) is 22.8. The van der Waals surface area contributed by atoms with Crippen LogP contribution in [0.2, 0.25) is 0 Å². The number of hydrogen-bond acceptors (Lipinski definition) is 5. The number of piperazine rings is 1. The Labute approximate surface area is 175 Å². The summed E-state index contributed by atoms with van der Waals surface area (Å²) in [5.74, 6) is -2.14. The number of benzene rings is 1. The van der Waals surface area contributed by atoms with Crippen molar-refractivity contribution in [2.75, 3.05) is 36.0 Å². The van der Waals surface area contributed by atoms with Gasteiger partial charge in [-0.1, -0.05) is 6.07 Å². The maximum Gasteiger partial charge on any atom is 0.490 e. The van der Waals surface area contributed by atoms with Gasteiger partial charge in [-0.15, -0.1) is 0 Å². The Morgan fingerprint density at radius 2 is 1.71 bits per heavy atom. The van der Waals surface area contributed by atoms with Gasteiger partial charge in [0.15, 0.2) is 0 Å². The van der Waals surface area contributed by atoms with E-state index in [4.69, 9.17) is 9.90 Å². The molecule has 4 rings (SSSR count). The van der Waals surface area contributed by atoms with E-state index in [1.54, 1.807) is 6.07 Å². The molecule has 31 heavy (non-hydrogen) atoms. The number of aliphatic carboxylic acids is 1. The number of aromatic nitrogens is 3. The lowest BCUT2D eigenvalue weighted by Gasteiger charge is -2.37. The number of carboxylic acids is 1. The molecule has 1 fully saturated rings. The van der Waals surface area contributed by atoms with E-state index in [1.165, 1.54) is 17.3 Å². The summed E-state index contributed by atoms with van der Waals surface area (Å²) in [7, 11) is 1.88. The van der Waals surface area contributed by atoms with Crippen LogP contribution >= 0.6 is 0 Å². The number of para-hydroxylation sites is 1. The fourth-order valence-electron chi connectivity index (χ4n) is 3.46. The first-order valence-electron chi connectivity index (χ1n) is 9.41. The Morgan fingerprint density at radius 3 is 2.26 bits per heavy atom. The molecule has 1 saturated heterocycles. The van der Waals surface area contributed by atoms with E-state index in [-0.39, 0.29) is 5.82 Å². The van der Waals surface area contributed by atoms with Gasteiger partial charge < -0.3 is 19.5 Å². The summed E-state index contributed by atoms with van der Waals surface area (Å²) in [5, 5.41) is 7.12. The van der Waals surface area contributed by atoms with Crippen LogP contribution in [0, 0.1) is 12.7 Å². The minimum absolute atomic E-state index is 0.222. The number of anilines is 2. The molecule has 0 radical (unpaired) electrons. The second kappa shape index (κ2) is 8.78. The summed E-state index contributed by atoms with van der Waals surface area (Å²) in [6, 6.07) is 7.12. The molecule has 0 bridgehead atoms. The predicted octanol–water partition coefficient (Wildman–Crippen LogP) is 3.38. The Hall–Kier alpha value is -3.37. The molecule has 0 spiro atoms. The zero-order valence-corrected chi connectivity index (χ0v) is 16.9. The Kier molecular flexibility index (Phi) is 6.32. The van der Waals surface area contributed by atoms with Crippen molar-refractivity contribution in [3.8, 4) is 0 Å². The monoisotopic (exact) mass is 439 g/mol. The van der Waals surface area contributed by atoms with Gasteiger partial charge in [0.05, 0.1) is 5.52 Å². The molecule has 166 valence electrons. The molecule has 3 heterocycles. The summed E-state index contributed by atoms with van der Waals surface area (Å²) in [6.45, 7) is 5.64. The number of nitrogens with zero attached hydrogens (tertiary/aromatic N) is 5. The highest BCUT2D eigenvalue weighted by Crippen LogP contribution is 2.26. The molecule has 7 nitrogen and oxygen atoms in total. The van der Waals surface area contributed by atoms with Crippen LogP contribution in [-0.4, -0.2) is 58.0 Å². The minimum Gasteiger partial charge on any atom is -0.475 e. The van der Waals surface area contributed by atoms with Crippen LogP contribution in [0.15, 0.2) is 36.7 Å². The lowest BCUT2D eigenvalue weighted by atomic mass is 10.2. The van der Waals surface area contributed by atoms with Gasteiger partial charge >= 0.3 is 12.1 Å². The lowest BCUT2D eigenvalue weighted by molar-refractivity contribution is -0.192. The number of pyridine rings is 1. The highest BCUT2D eigenvalue weighted by atomic mass is 19.4. The van der Waals surface area contributed by atoms with Crippen LogP contribution in [0.1, 0.15) is 5.56 Å². The van der Waals surface area contributed by atoms with Crippen molar-refractivity contribution >= 4 is 28.6 Å². The Bertz CT molecular complexity index is 1080. The van der Waals surface area contributed by atoms with Crippen molar-refractivity contribution in [3.05, 3.63) is 48.0 Å². The molecule has 1 aliphatic heterocycles. The highest BCUT2D eigenvalue weighted by molar-refractivity contribution is 5.79. The first kappa shape index (κ1) is 22.3. The first-order chi connectivity index (χ1) is 14.6. The fourth-order valence-corrected chi connectivity index (χ4v) is 3.46. The average Bonchev–Trinajstić information content (AvgIpc) is 3.06. The summed E-state index contributed by atoms with van der Waals surface area (Å²) < 4.78 is 47.7. The average molecular weight is 439 g/mol. The molecule has 1 N–H and O–H groups in total. The standard InChI is InChI=1S/C18H20FN5.C2HF3O2/c1-13-12-20-7-6-16(13)23-8-10-24(11-9-23)18-21-15-5-3-4-14(19)17(15)22(18)2;3-2(4,5)1(6)7/h3-7,12H,8-11H2,1-2H3;(H,6,7). The minimum atomic E-state index is -5.08. The summed E-state index contributed by atoms with van der Waals surface area (Å²) in [6.07, 6.45) is -1.35. The third-order valence-corrected chi connectivity index (χ3v) is 4.96. The molecule has 3 aromatic rings. The maximum absolute atomic E-state index is 14.1. The van der Waals surface area contributed by atoms with Crippen LogP contribution in [0.3, 0.4) is 0 Å². The van der Waals surface area contributed by atoms with Crippen LogP contribution in [0.25, 0.3) is 11.0 Å². The van der Waals surface area contributed by atoms with Crippen LogP contribution in [-0.2, 0) is 11.8 Å². The van der Waals surface area contributed by atoms with E-state index in [2.05, 4.69) is 32.8 Å². The van der Waals surface area contributed by atoms with Crippen LogP contribution < -0.4 is 9.80 Å². The van der Waals surface area contributed by atoms with Crippen molar-refractivity contribution in [3.63, 3.8) is 0 Å². The number of fused-ring (bicyclic) bond motifs is 1. The van der Waals surface area contributed by atoms with Gasteiger partial charge in [-0.3, -0.25) is 4.98 Å².